The molecule has 0 aliphatic carbocycles. The van der Waals surface area contributed by atoms with Crippen molar-refractivity contribution < 1.29 is 14.3 Å². The summed E-state index contributed by atoms with van der Waals surface area (Å²) in [6.07, 6.45) is -0.590. The van der Waals surface area contributed by atoms with Gasteiger partial charge in [0.15, 0.2) is 0 Å². The van der Waals surface area contributed by atoms with Gasteiger partial charge < -0.3 is 15.7 Å². The van der Waals surface area contributed by atoms with Crippen molar-refractivity contribution in [3.63, 3.8) is 0 Å². The molecule has 3 N–H and O–H groups in total. The Morgan fingerprint density at radius 1 is 1.50 bits per heavy atom. The Balaban J connectivity index is 2.50. The summed E-state index contributed by atoms with van der Waals surface area (Å²) in [7, 11) is 0. The molecule has 6 heteroatoms. The molecule has 1 aromatic rings. The van der Waals surface area contributed by atoms with Crippen molar-refractivity contribution >= 4 is 27.6 Å². The summed E-state index contributed by atoms with van der Waals surface area (Å²) in [5, 5.41) is 14.6. The minimum Gasteiger partial charge on any atom is -0.391 e. The molecular weight excluding hydrogens is 303 g/mol. The number of hydrogen-bond donors (Lipinski definition) is 3. The van der Waals surface area contributed by atoms with E-state index < -0.39 is 12.1 Å². The van der Waals surface area contributed by atoms with Crippen molar-refractivity contribution in [1.29, 1.82) is 0 Å². The summed E-state index contributed by atoms with van der Waals surface area (Å²) in [5.41, 5.74) is 0.466. The molecule has 18 heavy (non-hydrogen) atoms. The van der Waals surface area contributed by atoms with Crippen LogP contribution in [-0.2, 0) is 0 Å². The Labute approximate surface area is 114 Å². The Kier molecular flexibility index (Phi) is 5.55. The number of amides is 2. The van der Waals surface area contributed by atoms with Gasteiger partial charge in [-0.15, -0.1) is 0 Å². The molecule has 1 rings (SSSR count). The summed E-state index contributed by atoms with van der Waals surface area (Å²) in [6.45, 7) is 3.89. The molecule has 0 aromatic heterocycles. The molecular formula is C12H16BrFN2O2. The molecule has 0 aliphatic heterocycles. The molecule has 0 radical (unpaired) electrons. The van der Waals surface area contributed by atoms with Crippen molar-refractivity contribution in [3.05, 3.63) is 28.5 Å². The van der Waals surface area contributed by atoms with Crippen molar-refractivity contribution in [3.8, 4) is 0 Å². The normalized spacial score (nSPS) is 12.3. The first kappa shape index (κ1) is 14.9. The zero-order valence-electron chi connectivity index (χ0n) is 10.2. The van der Waals surface area contributed by atoms with E-state index in [1.54, 1.807) is 0 Å². The third kappa shape index (κ3) is 4.62. The van der Waals surface area contributed by atoms with Gasteiger partial charge in [0.1, 0.15) is 5.82 Å². The van der Waals surface area contributed by atoms with Gasteiger partial charge in [-0.25, -0.2) is 9.18 Å². The standard InChI is InChI=1S/C12H16BrFN2O2/c1-7(2)11(17)6-15-12(18)16-10-4-3-8(14)5-9(10)13/h3-5,7,11,17H,6H2,1-2H3,(H2,15,16,18)/t11-/m1/s1. The number of hydrogen-bond acceptors (Lipinski definition) is 2. The maximum Gasteiger partial charge on any atom is 0.319 e. The molecule has 0 aliphatic rings. The number of urea groups is 1. The van der Waals surface area contributed by atoms with Crippen LogP contribution in [0, 0.1) is 11.7 Å². The predicted molar refractivity (Wildman–Crippen MR) is 72.0 cm³/mol. The third-order valence-corrected chi connectivity index (χ3v) is 3.08. The van der Waals surface area contributed by atoms with Crippen LogP contribution in [0.3, 0.4) is 0 Å². The summed E-state index contributed by atoms with van der Waals surface area (Å²) in [6, 6.07) is 3.53. The summed E-state index contributed by atoms with van der Waals surface area (Å²) < 4.78 is 13.3. The lowest BCUT2D eigenvalue weighted by Crippen LogP contribution is -2.37. The van der Waals surface area contributed by atoms with Crippen LogP contribution in [0.2, 0.25) is 0 Å². The molecule has 0 fully saturated rings. The zero-order valence-corrected chi connectivity index (χ0v) is 11.8. The zero-order chi connectivity index (χ0) is 13.7. The second kappa shape index (κ2) is 6.70. The molecule has 4 nitrogen and oxygen atoms in total. The van der Waals surface area contributed by atoms with E-state index in [-0.39, 0.29) is 18.3 Å². The quantitative estimate of drug-likeness (QED) is 0.799. The van der Waals surface area contributed by atoms with Crippen LogP contribution in [-0.4, -0.2) is 23.8 Å². The maximum absolute atomic E-state index is 12.8. The molecule has 1 aromatic carbocycles. The fraction of sp³-hybridized carbons (Fsp3) is 0.417. The van der Waals surface area contributed by atoms with Gasteiger partial charge in [0.2, 0.25) is 0 Å². The number of halogens is 2. The molecule has 1 atom stereocenters. The number of nitrogens with one attached hydrogen (secondary N) is 2. The molecule has 0 bridgehead atoms. The number of rotatable bonds is 4. The number of anilines is 1. The number of aliphatic hydroxyl groups excluding tert-OH is 1. The van der Waals surface area contributed by atoms with Crippen LogP contribution < -0.4 is 10.6 Å². The van der Waals surface area contributed by atoms with E-state index in [4.69, 9.17) is 0 Å². The molecule has 0 spiro atoms. The summed E-state index contributed by atoms with van der Waals surface area (Å²) >= 11 is 3.15. The van der Waals surface area contributed by atoms with Crippen LogP contribution in [0.5, 0.6) is 0 Å². The molecule has 0 saturated heterocycles. The highest BCUT2D eigenvalue weighted by atomic mass is 79.9. The minimum absolute atomic E-state index is 0.0721. The molecule has 100 valence electrons. The van der Waals surface area contributed by atoms with Gasteiger partial charge in [-0.05, 0) is 40.0 Å². The van der Waals surface area contributed by atoms with E-state index >= 15 is 0 Å². The van der Waals surface area contributed by atoms with Gasteiger partial charge in [0.25, 0.3) is 0 Å². The van der Waals surface area contributed by atoms with Gasteiger partial charge in [0, 0.05) is 11.0 Å². The van der Waals surface area contributed by atoms with E-state index in [0.29, 0.717) is 10.2 Å². The summed E-state index contributed by atoms with van der Waals surface area (Å²) in [4.78, 5) is 11.5. The van der Waals surface area contributed by atoms with Crippen LogP contribution in [0.25, 0.3) is 0 Å². The van der Waals surface area contributed by atoms with Gasteiger partial charge in [-0.1, -0.05) is 13.8 Å². The smallest absolute Gasteiger partial charge is 0.319 e. The van der Waals surface area contributed by atoms with E-state index in [2.05, 4.69) is 26.6 Å². The third-order valence-electron chi connectivity index (χ3n) is 2.42. The molecule has 0 heterocycles. The van der Waals surface area contributed by atoms with Crippen LogP contribution >= 0.6 is 15.9 Å². The predicted octanol–water partition coefficient (Wildman–Crippen LogP) is 2.73. The van der Waals surface area contributed by atoms with Crippen LogP contribution in [0.15, 0.2) is 22.7 Å². The summed E-state index contributed by atoms with van der Waals surface area (Å²) in [5.74, 6) is -0.314. The second-order valence-corrected chi connectivity index (χ2v) is 5.12. The van der Waals surface area contributed by atoms with E-state index in [9.17, 15) is 14.3 Å². The number of benzene rings is 1. The number of aliphatic hydroxyl groups is 1. The average Bonchev–Trinajstić information content (AvgIpc) is 2.29. The highest BCUT2D eigenvalue weighted by Crippen LogP contribution is 2.22. The first-order valence-corrected chi connectivity index (χ1v) is 6.37. The largest absolute Gasteiger partial charge is 0.391 e. The van der Waals surface area contributed by atoms with Gasteiger partial charge in [-0.3, -0.25) is 0 Å². The van der Waals surface area contributed by atoms with Crippen LogP contribution in [0.1, 0.15) is 13.8 Å². The highest BCUT2D eigenvalue weighted by molar-refractivity contribution is 9.10. The van der Waals surface area contributed by atoms with Crippen molar-refractivity contribution in [2.75, 3.05) is 11.9 Å². The van der Waals surface area contributed by atoms with E-state index in [1.165, 1.54) is 18.2 Å². The Morgan fingerprint density at radius 3 is 2.72 bits per heavy atom. The van der Waals surface area contributed by atoms with E-state index in [0.717, 1.165) is 0 Å². The van der Waals surface area contributed by atoms with E-state index in [1.807, 2.05) is 13.8 Å². The van der Waals surface area contributed by atoms with Crippen molar-refractivity contribution in [2.45, 2.75) is 20.0 Å². The lowest BCUT2D eigenvalue weighted by Gasteiger charge is -2.15. The highest BCUT2D eigenvalue weighted by Gasteiger charge is 2.11. The molecule has 2 amide bonds. The Bertz CT molecular complexity index is 427. The second-order valence-electron chi connectivity index (χ2n) is 4.27. The fourth-order valence-corrected chi connectivity index (χ4v) is 1.64. The first-order valence-electron chi connectivity index (χ1n) is 5.58. The topological polar surface area (TPSA) is 61.4 Å². The Morgan fingerprint density at radius 2 is 2.17 bits per heavy atom. The maximum atomic E-state index is 12.8. The van der Waals surface area contributed by atoms with Crippen molar-refractivity contribution in [1.82, 2.24) is 5.32 Å². The van der Waals surface area contributed by atoms with Crippen LogP contribution in [0.4, 0.5) is 14.9 Å². The molecule has 0 unspecified atom stereocenters. The van der Waals surface area contributed by atoms with Gasteiger partial charge in [-0.2, -0.15) is 0 Å². The average molecular weight is 319 g/mol. The monoisotopic (exact) mass is 318 g/mol. The first-order chi connectivity index (χ1) is 8.40. The SMILES string of the molecule is CC(C)[C@H](O)CNC(=O)Nc1ccc(F)cc1Br. The molecule has 0 saturated carbocycles. The lowest BCUT2D eigenvalue weighted by molar-refractivity contribution is 0.126. The van der Waals surface area contributed by atoms with Gasteiger partial charge >= 0.3 is 6.03 Å². The number of carbonyl (C=O) groups excluding carboxylic acids is 1. The minimum atomic E-state index is -0.590. The van der Waals surface area contributed by atoms with Gasteiger partial charge in [0.05, 0.1) is 11.8 Å². The fourth-order valence-electron chi connectivity index (χ4n) is 1.19. The Hall–Kier alpha value is -1.14. The lowest BCUT2D eigenvalue weighted by atomic mass is 10.1. The number of carbonyl (C=O) groups is 1. The van der Waals surface area contributed by atoms with Crippen molar-refractivity contribution in [2.24, 2.45) is 5.92 Å².